The van der Waals surface area contributed by atoms with Crippen LogP contribution in [-0.2, 0) is 4.79 Å². The van der Waals surface area contributed by atoms with Crippen molar-refractivity contribution < 1.29 is 4.79 Å². The third-order valence-corrected chi connectivity index (χ3v) is 4.39. The molecule has 5 heteroatoms. The highest BCUT2D eigenvalue weighted by atomic mass is 16.1. The molecule has 23 heavy (non-hydrogen) atoms. The Kier molecular flexibility index (Phi) is 4.65. The number of piperidine rings is 1. The van der Waals surface area contributed by atoms with Crippen LogP contribution in [0.5, 0.6) is 0 Å². The molecule has 2 heterocycles. The van der Waals surface area contributed by atoms with Gasteiger partial charge < -0.3 is 10.2 Å². The number of H-pyrrole nitrogens is 1. The Bertz CT molecular complexity index is 669. The van der Waals surface area contributed by atoms with Crippen LogP contribution in [0.25, 0.3) is 11.3 Å². The third kappa shape index (κ3) is 3.38. The van der Waals surface area contributed by atoms with Crippen molar-refractivity contribution in [3.05, 3.63) is 30.0 Å². The van der Waals surface area contributed by atoms with Crippen LogP contribution in [0.3, 0.4) is 0 Å². The van der Waals surface area contributed by atoms with Crippen LogP contribution >= 0.6 is 0 Å². The average Bonchev–Trinajstić information content (AvgIpc) is 2.96. The number of aromatic nitrogens is 2. The quantitative estimate of drug-likeness (QED) is 0.904. The van der Waals surface area contributed by atoms with Gasteiger partial charge in [0, 0.05) is 30.8 Å². The largest absolute Gasteiger partial charge is 0.372 e. The predicted molar refractivity (Wildman–Crippen MR) is 93.7 cm³/mol. The second-order valence-corrected chi connectivity index (χ2v) is 6.07. The average molecular weight is 312 g/mol. The van der Waals surface area contributed by atoms with Crippen molar-refractivity contribution in [3.63, 3.8) is 0 Å². The van der Waals surface area contributed by atoms with Gasteiger partial charge in [-0.25, -0.2) is 0 Å². The van der Waals surface area contributed by atoms with E-state index in [1.54, 1.807) is 0 Å². The van der Waals surface area contributed by atoms with Crippen LogP contribution in [0.1, 0.15) is 38.3 Å². The highest BCUT2D eigenvalue weighted by Crippen LogP contribution is 2.30. The van der Waals surface area contributed by atoms with Gasteiger partial charge in [0.1, 0.15) is 5.69 Å². The molecule has 0 atom stereocenters. The van der Waals surface area contributed by atoms with Crippen LogP contribution in [0.2, 0.25) is 0 Å². The molecule has 0 aliphatic carbocycles. The number of aromatic amines is 1. The van der Waals surface area contributed by atoms with Crippen molar-refractivity contribution in [3.8, 4) is 11.3 Å². The zero-order valence-corrected chi connectivity index (χ0v) is 13.9. The summed E-state index contributed by atoms with van der Waals surface area (Å²) in [6, 6.07) is 8.47. The van der Waals surface area contributed by atoms with Gasteiger partial charge >= 0.3 is 0 Å². The molecule has 0 unspecified atom stereocenters. The Morgan fingerprint density at radius 1 is 1.22 bits per heavy atom. The van der Waals surface area contributed by atoms with E-state index in [1.165, 1.54) is 24.9 Å². The molecule has 0 radical (unpaired) electrons. The maximum Gasteiger partial charge on any atom is 0.224 e. The lowest BCUT2D eigenvalue weighted by Crippen LogP contribution is -2.29. The fraction of sp³-hybridized carbons (Fsp3) is 0.444. The molecule has 1 aliphatic heterocycles. The van der Waals surface area contributed by atoms with Crippen molar-refractivity contribution in [2.75, 3.05) is 23.3 Å². The van der Waals surface area contributed by atoms with Gasteiger partial charge in [0.25, 0.3) is 0 Å². The molecule has 3 rings (SSSR count). The summed E-state index contributed by atoms with van der Waals surface area (Å²) >= 11 is 0. The maximum absolute atomic E-state index is 11.7. The number of hydrogen-bond donors (Lipinski definition) is 2. The number of nitrogens with zero attached hydrogens (tertiary/aromatic N) is 2. The number of amides is 1. The molecule has 122 valence electrons. The smallest absolute Gasteiger partial charge is 0.224 e. The van der Waals surface area contributed by atoms with E-state index in [2.05, 4.69) is 44.7 Å². The Balaban J connectivity index is 1.83. The summed E-state index contributed by atoms with van der Waals surface area (Å²) in [5, 5.41) is 10.3. The lowest BCUT2D eigenvalue weighted by Gasteiger charge is -2.28. The van der Waals surface area contributed by atoms with Gasteiger partial charge in [-0.05, 0) is 38.3 Å². The molecule has 1 saturated heterocycles. The summed E-state index contributed by atoms with van der Waals surface area (Å²) in [7, 11) is 0. The van der Waals surface area contributed by atoms with Crippen molar-refractivity contribution in [2.45, 2.75) is 39.5 Å². The standard InChI is InChI=1S/C18H24N4O/c1-3-16(23)19-17-13(2)20-21-18(17)14-7-9-15(10-8-14)22-11-5-4-6-12-22/h7-10H,3-6,11-12H2,1-2H3,(H,19,23)(H,20,21). The molecule has 5 nitrogen and oxygen atoms in total. The van der Waals surface area contributed by atoms with E-state index in [1.807, 2.05) is 13.8 Å². The molecule has 0 spiro atoms. The van der Waals surface area contributed by atoms with Crippen LogP contribution < -0.4 is 10.2 Å². The molecule has 1 aromatic heterocycles. The molecule has 1 amide bonds. The zero-order valence-electron chi connectivity index (χ0n) is 13.9. The van der Waals surface area contributed by atoms with Gasteiger partial charge in [0.2, 0.25) is 5.91 Å². The number of benzene rings is 1. The monoisotopic (exact) mass is 312 g/mol. The number of aryl methyl sites for hydroxylation is 1. The summed E-state index contributed by atoms with van der Waals surface area (Å²) in [5.74, 6) is 0.000636. The fourth-order valence-corrected chi connectivity index (χ4v) is 3.00. The predicted octanol–water partition coefficient (Wildman–Crippen LogP) is 3.72. The summed E-state index contributed by atoms with van der Waals surface area (Å²) in [6.07, 6.45) is 4.33. The van der Waals surface area contributed by atoms with Crippen molar-refractivity contribution in [1.29, 1.82) is 0 Å². The first-order valence-corrected chi connectivity index (χ1v) is 8.39. The number of nitrogens with one attached hydrogen (secondary N) is 2. The molecular formula is C18H24N4O. The van der Waals surface area contributed by atoms with Crippen molar-refractivity contribution >= 4 is 17.3 Å². The van der Waals surface area contributed by atoms with Gasteiger partial charge in [0.05, 0.1) is 11.4 Å². The highest BCUT2D eigenvalue weighted by Gasteiger charge is 2.15. The molecule has 2 N–H and O–H groups in total. The van der Waals surface area contributed by atoms with E-state index < -0.39 is 0 Å². The SMILES string of the molecule is CCC(=O)Nc1c(-c2ccc(N3CCCCC3)cc2)n[nH]c1C. The molecule has 1 aliphatic rings. The van der Waals surface area contributed by atoms with E-state index in [4.69, 9.17) is 0 Å². The van der Waals surface area contributed by atoms with E-state index in [0.717, 1.165) is 35.7 Å². The fourth-order valence-electron chi connectivity index (χ4n) is 3.00. The van der Waals surface area contributed by atoms with Crippen LogP contribution in [-0.4, -0.2) is 29.2 Å². The first-order valence-electron chi connectivity index (χ1n) is 8.39. The maximum atomic E-state index is 11.7. The van der Waals surface area contributed by atoms with Gasteiger partial charge in [-0.1, -0.05) is 19.1 Å². The van der Waals surface area contributed by atoms with E-state index in [0.29, 0.717) is 6.42 Å². The van der Waals surface area contributed by atoms with Crippen molar-refractivity contribution in [2.24, 2.45) is 0 Å². The highest BCUT2D eigenvalue weighted by molar-refractivity contribution is 5.95. The summed E-state index contributed by atoms with van der Waals surface area (Å²) in [6.45, 7) is 6.04. The molecule has 0 saturated carbocycles. The lowest BCUT2D eigenvalue weighted by molar-refractivity contribution is -0.115. The lowest BCUT2D eigenvalue weighted by atomic mass is 10.1. The van der Waals surface area contributed by atoms with Crippen LogP contribution in [0.15, 0.2) is 24.3 Å². The van der Waals surface area contributed by atoms with Gasteiger partial charge in [0.15, 0.2) is 0 Å². The zero-order chi connectivity index (χ0) is 16.2. The summed E-state index contributed by atoms with van der Waals surface area (Å²) < 4.78 is 0. The molecular weight excluding hydrogens is 288 g/mol. The van der Waals surface area contributed by atoms with Crippen LogP contribution in [0, 0.1) is 6.92 Å². The van der Waals surface area contributed by atoms with Crippen molar-refractivity contribution in [1.82, 2.24) is 10.2 Å². The molecule has 2 aromatic rings. The normalized spacial score (nSPS) is 14.8. The third-order valence-electron chi connectivity index (χ3n) is 4.39. The molecule has 1 fully saturated rings. The van der Waals surface area contributed by atoms with E-state index >= 15 is 0 Å². The number of rotatable bonds is 4. The summed E-state index contributed by atoms with van der Waals surface area (Å²) in [5.41, 5.74) is 4.74. The Morgan fingerprint density at radius 2 is 1.91 bits per heavy atom. The molecule has 0 bridgehead atoms. The first kappa shape index (κ1) is 15.6. The second kappa shape index (κ2) is 6.86. The number of hydrogen-bond acceptors (Lipinski definition) is 3. The second-order valence-electron chi connectivity index (χ2n) is 6.07. The Morgan fingerprint density at radius 3 is 2.57 bits per heavy atom. The topological polar surface area (TPSA) is 61.0 Å². The Hall–Kier alpha value is -2.30. The number of carbonyl (C=O) groups is 1. The van der Waals surface area contributed by atoms with Gasteiger partial charge in [-0.2, -0.15) is 5.10 Å². The van der Waals surface area contributed by atoms with Crippen LogP contribution in [0.4, 0.5) is 11.4 Å². The number of carbonyl (C=O) groups excluding carboxylic acids is 1. The minimum absolute atomic E-state index is 0.000636. The van der Waals surface area contributed by atoms with Gasteiger partial charge in [-0.15, -0.1) is 0 Å². The Labute approximate surface area is 137 Å². The molecule has 1 aromatic carbocycles. The summed E-state index contributed by atoms with van der Waals surface area (Å²) in [4.78, 5) is 14.1. The minimum Gasteiger partial charge on any atom is -0.372 e. The number of anilines is 2. The minimum atomic E-state index is 0.000636. The first-order chi connectivity index (χ1) is 11.2. The van der Waals surface area contributed by atoms with E-state index in [-0.39, 0.29) is 5.91 Å². The van der Waals surface area contributed by atoms with E-state index in [9.17, 15) is 4.79 Å². The van der Waals surface area contributed by atoms with Gasteiger partial charge in [-0.3, -0.25) is 9.89 Å².